The maximum Gasteiger partial charge on any atom is 0.410 e. The van der Waals surface area contributed by atoms with E-state index in [0.717, 1.165) is 6.42 Å². The van der Waals surface area contributed by atoms with E-state index < -0.39 is 11.7 Å². The van der Waals surface area contributed by atoms with Crippen molar-refractivity contribution in [2.45, 2.75) is 45.3 Å². The summed E-state index contributed by atoms with van der Waals surface area (Å²) < 4.78 is 5.25. The second-order valence-corrected chi connectivity index (χ2v) is 4.94. The van der Waals surface area contributed by atoms with Gasteiger partial charge in [0.1, 0.15) is 5.60 Å². The summed E-state index contributed by atoms with van der Waals surface area (Å²) in [4.78, 5) is 24.8. The van der Waals surface area contributed by atoms with Gasteiger partial charge in [-0.15, -0.1) is 0 Å². The second-order valence-electron chi connectivity index (χ2n) is 4.94. The van der Waals surface area contributed by atoms with Crippen LogP contribution in [0.1, 0.15) is 33.6 Å². The van der Waals surface area contributed by atoms with Gasteiger partial charge in [0.05, 0.1) is 6.04 Å². The summed E-state index contributed by atoms with van der Waals surface area (Å²) in [5.41, 5.74) is -0.526. The van der Waals surface area contributed by atoms with E-state index in [0.29, 0.717) is 13.0 Å². The number of nitrogens with zero attached hydrogens (tertiary/aromatic N) is 1. The first-order chi connectivity index (χ1) is 7.35. The molecule has 0 aromatic heterocycles. The number of carbonyl (C=O) groups is 2. The van der Waals surface area contributed by atoms with E-state index in [1.807, 2.05) is 20.8 Å². The Kier molecular flexibility index (Phi) is 3.73. The highest BCUT2D eigenvalue weighted by atomic mass is 16.6. The summed E-state index contributed by atoms with van der Waals surface area (Å²) in [7, 11) is 0. The molecule has 1 heterocycles. The average molecular weight is 225 g/mol. The molecule has 1 aliphatic rings. The Hall–Kier alpha value is -1.32. The molecule has 4 heteroatoms. The molecular weight excluding hydrogens is 206 g/mol. The fourth-order valence-corrected chi connectivity index (χ4v) is 1.74. The van der Waals surface area contributed by atoms with Crippen LogP contribution in [0.5, 0.6) is 0 Å². The van der Waals surface area contributed by atoms with Gasteiger partial charge in [0.15, 0.2) is 5.78 Å². The third kappa shape index (κ3) is 3.08. The minimum atomic E-state index is -0.526. The number of carbonyl (C=O) groups excluding carboxylic acids is 2. The molecule has 0 N–H and O–H groups in total. The summed E-state index contributed by atoms with van der Waals surface area (Å²) in [6.07, 6.45) is 2.39. The van der Waals surface area contributed by atoms with Crippen molar-refractivity contribution in [1.82, 2.24) is 4.90 Å². The van der Waals surface area contributed by atoms with Crippen molar-refractivity contribution in [3.05, 3.63) is 12.7 Å². The molecule has 0 bridgehead atoms. The first-order valence-corrected chi connectivity index (χ1v) is 5.51. The molecule has 0 aromatic rings. The molecule has 0 aromatic carbocycles. The van der Waals surface area contributed by atoms with E-state index >= 15 is 0 Å². The van der Waals surface area contributed by atoms with Gasteiger partial charge in [-0.05, 0) is 39.7 Å². The molecule has 1 fully saturated rings. The van der Waals surface area contributed by atoms with Crippen molar-refractivity contribution in [2.24, 2.45) is 0 Å². The Labute approximate surface area is 96.3 Å². The van der Waals surface area contributed by atoms with Crippen molar-refractivity contribution in [3.8, 4) is 0 Å². The van der Waals surface area contributed by atoms with Crippen LogP contribution in [0.25, 0.3) is 0 Å². The number of hydrogen-bond acceptors (Lipinski definition) is 3. The van der Waals surface area contributed by atoms with Gasteiger partial charge in [-0.2, -0.15) is 0 Å². The Balaban J connectivity index is 2.68. The van der Waals surface area contributed by atoms with Gasteiger partial charge in [0.2, 0.25) is 0 Å². The molecule has 1 unspecified atom stereocenters. The van der Waals surface area contributed by atoms with E-state index in [4.69, 9.17) is 4.74 Å². The Bertz CT molecular complexity index is 304. The predicted molar refractivity (Wildman–Crippen MR) is 61.2 cm³/mol. The van der Waals surface area contributed by atoms with Gasteiger partial charge < -0.3 is 4.74 Å². The lowest BCUT2D eigenvalue weighted by molar-refractivity contribution is -0.118. The minimum absolute atomic E-state index is 0.108. The largest absolute Gasteiger partial charge is 0.444 e. The molecule has 1 rings (SSSR count). The Morgan fingerprint density at radius 1 is 1.44 bits per heavy atom. The normalized spacial score (nSPS) is 20.7. The van der Waals surface area contributed by atoms with E-state index in [1.165, 1.54) is 11.0 Å². The second kappa shape index (κ2) is 4.68. The number of rotatable bonds is 2. The molecule has 1 aliphatic heterocycles. The molecular formula is C12H19NO3. The van der Waals surface area contributed by atoms with Crippen molar-refractivity contribution < 1.29 is 14.3 Å². The molecule has 1 amide bonds. The molecule has 0 saturated carbocycles. The fourth-order valence-electron chi connectivity index (χ4n) is 1.74. The van der Waals surface area contributed by atoms with Gasteiger partial charge in [0.25, 0.3) is 0 Å². The van der Waals surface area contributed by atoms with Crippen LogP contribution in [0.3, 0.4) is 0 Å². The highest BCUT2D eigenvalue weighted by Gasteiger charge is 2.35. The van der Waals surface area contributed by atoms with Crippen LogP contribution in [0.2, 0.25) is 0 Å². The van der Waals surface area contributed by atoms with Crippen molar-refractivity contribution in [2.75, 3.05) is 6.54 Å². The van der Waals surface area contributed by atoms with Crippen molar-refractivity contribution >= 4 is 11.9 Å². The summed E-state index contributed by atoms with van der Waals surface area (Å²) in [6, 6.07) is -0.382. The zero-order chi connectivity index (χ0) is 12.3. The summed E-state index contributed by atoms with van der Waals surface area (Å²) in [6.45, 7) is 9.46. The lowest BCUT2D eigenvalue weighted by atomic mass is 10.1. The standard InChI is InChI=1S/C12H19NO3/c1-5-10(14)9-7-6-8-13(9)11(15)16-12(2,3)4/h5,9H,1,6-8H2,2-4H3. The number of likely N-dealkylation sites (tertiary alicyclic amines) is 1. The maximum atomic E-state index is 11.8. The van der Waals surface area contributed by atoms with E-state index in [-0.39, 0.29) is 11.8 Å². The lowest BCUT2D eigenvalue weighted by Crippen LogP contribution is -2.42. The third-order valence-corrected chi connectivity index (χ3v) is 2.41. The molecule has 4 nitrogen and oxygen atoms in total. The Morgan fingerprint density at radius 3 is 2.56 bits per heavy atom. The van der Waals surface area contributed by atoms with Gasteiger partial charge in [-0.25, -0.2) is 4.79 Å². The van der Waals surface area contributed by atoms with E-state index in [9.17, 15) is 9.59 Å². The molecule has 0 spiro atoms. The summed E-state index contributed by atoms with van der Waals surface area (Å²) >= 11 is 0. The number of ether oxygens (including phenoxy) is 1. The van der Waals surface area contributed by atoms with Crippen LogP contribution in [-0.2, 0) is 9.53 Å². The smallest absolute Gasteiger partial charge is 0.410 e. The monoisotopic (exact) mass is 225 g/mol. The maximum absolute atomic E-state index is 11.8. The highest BCUT2D eigenvalue weighted by molar-refractivity contribution is 5.96. The van der Waals surface area contributed by atoms with Gasteiger partial charge in [-0.1, -0.05) is 6.58 Å². The first-order valence-electron chi connectivity index (χ1n) is 5.51. The number of amides is 1. The SMILES string of the molecule is C=CC(=O)C1CCCN1C(=O)OC(C)(C)C. The first kappa shape index (κ1) is 12.7. The van der Waals surface area contributed by atoms with Crippen LogP contribution in [0.15, 0.2) is 12.7 Å². The van der Waals surface area contributed by atoms with Gasteiger partial charge in [0, 0.05) is 6.54 Å². The summed E-state index contributed by atoms with van der Waals surface area (Å²) in [5, 5.41) is 0. The predicted octanol–water partition coefficient (Wildman–Crippen LogP) is 2.14. The van der Waals surface area contributed by atoms with Crippen LogP contribution in [0, 0.1) is 0 Å². The lowest BCUT2D eigenvalue weighted by Gasteiger charge is -2.27. The van der Waals surface area contributed by atoms with Crippen LogP contribution >= 0.6 is 0 Å². The highest BCUT2D eigenvalue weighted by Crippen LogP contribution is 2.21. The molecule has 16 heavy (non-hydrogen) atoms. The minimum Gasteiger partial charge on any atom is -0.444 e. The van der Waals surface area contributed by atoms with Crippen molar-refractivity contribution in [1.29, 1.82) is 0 Å². The van der Waals surface area contributed by atoms with Crippen LogP contribution in [-0.4, -0.2) is 35.0 Å². The third-order valence-electron chi connectivity index (χ3n) is 2.41. The molecule has 0 radical (unpaired) electrons. The van der Waals surface area contributed by atoms with E-state index in [1.54, 1.807) is 0 Å². The van der Waals surface area contributed by atoms with Crippen LogP contribution < -0.4 is 0 Å². The number of hydrogen-bond donors (Lipinski definition) is 0. The van der Waals surface area contributed by atoms with Crippen molar-refractivity contribution in [3.63, 3.8) is 0 Å². The van der Waals surface area contributed by atoms with E-state index in [2.05, 4.69) is 6.58 Å². The molecule has 1 atom stereocenters. The zero-order valence-electron chi connectivity index (χ0n) is 10.2. The number of ketones is 1. The molecule has 90 valence electrons. The molecule has 1 saturated heterocycles. The fraction of sp³-hybridized carbons (Fsp3) is 0.667. The van der Waals surface area contributed by atoms with Gasteiger partial charge in [-0.3, -0.25) is 9.69 Å². The van der Waals surface area contributed by atoms with Crippen LogP contribution in [0.4, 0.5) is 4.79 Å². The average Bonchev–Trinajstić information content (AvgIpc) is 2.62. The van der Waals surface area contributed by atoms with Gasteiger partial charge >= 0.3 is 6.09 Å². The Morgan fingerprint density at radius 2 is 2.06 bits per heavy atom. The zero-order valence-corrected chi connectivity index (χ0v) is 10.2. The molecule has 0 aliphatic carbocycles. The summed E-state index contributed by atoms with van der Waals surface area (Å²) in [5.74, 6) is -0.108. The topological polar surface area (TPSA) is 46.6 Å². The quantitative estimate of drug-likeness (QED) is 0.676.